The number of hydroxylamine groups is 2. The predicted octanol–water partition coefficient (Wildman–Crippen LogP) is 2.22. The van der Waals surface area contributed by atoms with Gasteiger partial charge in [0.1, 0.15) is 0 Å². The average molecular weight is 214 g/mol. The van der Waals surface area contributed by atoms with Crippen LogP contribution in [0, 0.1) is 0 Å². The molecule has 0 aromatic carbocycles. The Morgan fingerprint density at radius 3 is 3.19 bits per heavy atom. The van der Waals surface area contributed by atoms with E-state index in [1.165, 1.54) is 16.2 Å². The molecule has 0 atom stereocenters. The van der Waals surface area contributed by atoms with Crippen LogP contribution in [0.25, 0.3) is 0 Å². The summed E-state index contributed by atoms with van der Waals surface area (Å²) in [5, 5.41) is 14.3. The SMILES string of the molecule is ON1C=CC=C2CCC3=C(C=C21)NCC=C3. The molecular formula is C13H14N2O. The standard InChI is InChI=1S/C13H14N2O/c16-15-8-2-4-11-6-5-10-3-1-7-14-12(10)9-13(11)15/h1-4,8-9,14,16H,5-7H2. The number of allylic oxidation sites excluding steroid dienone is 6. The quantitative estimate of drug-likeness (QED) is 0.649. The summed E-state index contributed by atoms with van der Waals surface area (Å²) in [6.45, 7) is 0.864. The van der Waals surface area contributed by atoms with Gasteiger partial charge in [-0.2, -0.15) is 0 Å². The Labute approximate surface area is 94.7 Å². The van der Waals surface area contributed by atoms with Crippen molar-refractivity contribution in [2.75, 3.05) is 6.54 Å². The summed E-state index contributed by atoms with van der Waals surface area (Å²) in [7, 11) is 0. The highest BCUT2D eigenvalue weighted by molar-refractivity contribution is 5.47. The Hall–Kier alpha value is -1.74. The zero-order valence-corrected chi connectivity index (χ0v) is 8.98. The molecule has 3 rings (SSSR count). The fraction of sp³-hybridized carbons (Fsp3) is 0.231. The highest BCUT2D eigenvalue weighted by Crippen LogP contribution is 2.31. The van der Waals surface area contributed by atoms with Gasteiger partial charge in [0.15, 0.2) is 0 Å². The normalized spacial score (nSPS) is 22.9. The minimum atomic E-state index is 0.864. The summed E-state index contributed by atoms with van der Waals surface area (Å²) in [5.74, 6) is 0. The molecule has 0 spiro atoms. The summed E-state index contributed by atoms with van der Waals surface area (Å²) in [6.07, 6.45) is 13.9. The number of hydrogen-bond acceptors (Lipinski definition) is 3. The maximum absolute atomic E-state index is 9.79. The van der Waals surface area contributed by atoms with Gasteiger partial charge in [-0.25, -0.2) is 5.06 Å². The molecule has 0 aromatic heterocycles. The maximum atomic E-state index is 9.79. The van der Waals surface area contributed by atoms with Crippen molar-refractivity contribution in [3.05, 3.63) is 59.1 Å². The van der Waals surface area contributed by atoms with Crippen LogP contribution >= 0.6 is 0 Å². The van der Waals surface area contributed by atoms with Crippen LogP contribution in [0.5, 0.6) is 0 Å². The van der Waals surface area contributed by atoms with Crippen LogP contribution < -0.4 is 5.32 Å². The highest BCUT2D eigenvalue weighted by atomic mass is 16.5. The van der Waals surface area contributed by atoms with E-state index in [9.17, 15) is 5.21 Å². The molecule has 0 saturated carbocycles. The zero-order chi connectivity index (χ0) is 11.0. The van der Waals surface area contributed by atoms with Crippen molar-refractivity contribution < 1.29 is 5.21 Å². The number of rotatable bonds is 0. The maximum Gasteiger partial charge on any atom is 0.0738 e. The van der Waals surface area contributed by atoms with E-state index in [2.05, 4.69) is 23.5 Å². The third kappa shape index (κ3) is 1.49. The molecule has 0 unspecified atom stereocenters. The third-order valence-electron chi connectivity index (χ3n) is 3.12. The monoisotopic (exact) mass is 214 g/mol. The largest absolute Gasteiger partial charge is 0.381 e. The molecule has 3 aliphatic rings. The van der Waals surface area contributed by atoms with Crippen molar-refractivity contribution in [3.8, 4) is 0 Å². The Bertz CT molecular complexity index is 466. The molecule has 0 amide bonds. The van der Waals surface area contributed by atoms with Gasteiger partial charge in [0.2, 0.25) is 0 Å². The summed E-state index contributed by atoms with van der Waals surface area (Å²) >= 11 is 0. The lowest BCUT2D eigenvalue weighted by Crippen LogP contribution is -2.19. The van der Waals surface area contributed by atoms with Crippen LogP contribution in [0.1, 0.15) is 12.8 Å². The topological polar surface area (TPSA) is 35.5 Å². The molecule has 0 saturated heterocycles. The van der Waals surface area contributed by atoms with E-state index in [4.69, 9.17) is 0 Å². The van der Waals surface area contributed by atoms with Gasteiger partial charge in [-0.1, -0.05) is 18.2 Å². The number of fused-ring (bicyclic) bond motifs is 1. The highest BCUT2D eigenvalue weighted by Gasteiger charge is 2.19. The first-order chi connectivity index (χ1) is 7.84. The summed E-state index contributed by atoms with van der Waals surface area (Å²) < 4.78 is 0. The summed E-state index contributed by atoms with van der Waals surface area (Å²) in [4.78, 5) is 0. The first-order valence-electron chi connectivity index (χ1n) is 5.56. The van der Waals surface area contributed by atoms with Gasteiger partial charge in [0.25, 0.3) is 0 Å². The molecule has 0 fully saturated rings. The lowest BCUT2D eigenvalue weighted by atomic mass is 10.0. The van der Waals surface area contributed by atoms with Crippen LogP contribution in [0.15, 0.2) is 59.1 Å². The summed E-state index contributed by atoms with van der Waals surface area (Å²) in [5.41, 5.74) is 4.53. The van der Waals surface area contributed by atoms with E-state index in [0.29, 0.717) is 0 Å². The minimum absolute atomic E-state index is 0.864. The second kappa shape index (κ2) is 3.68. The molecule has 3 heteroatoms. The number of dihydropyridines is 1. The molecule has 0 bridgehead atoms. The molecule has 2 heterocycles. The van der Waals surface area contributed by atoms with E-state index in [-0.39, 0.29) is 0 Å². The molecule has 3 nitrogen and oxygen atoms in total. The smallest absolute Gasteiger partial charge is 0.0738 e. The van der Waals surface area contributed by atoms with Crippen molar-refractivity contribution >= 4 is 0 Å². The van der Waals surface area contributed by atoms with Crippen molar-refractivity contribution in [2.45, 2.75) is 12.8 Å². The van der Waals surface area contributed by atoms with E-state index in [1.54, 1.807) is 6.20 Å². The lowest BCUT2D eigenvalue weighted by molar-refractivity contribution is -0.00241. The van der Waals surface area contributed by atoms with Gasteiger partial charge in [0.05, 0.1) is 5.70 Å². The van der Waals surface area contributed by atoms with Crippen LogP contribution in [-0.4, -0.2) is 16.8 Å². The van der Waals surface area contributed by atoms with Crippen LogP contribution in [0.2, 0.25) is 0 Å². The molecule has 2 aliphatic heterocycles. The zero-order valence-electron chi connectivity index (χ0n) is 8.98. The first-order valence-corrected chi connectivity index (χ1v) is 5.56. The molecule has 82 valence electrons. The summed E-state index contributed by atoms with van der Waals surface area (Å²) in [6, 6.07) is 0. The van der Waals surface area contributed by atoms with Crippen molar-refractivity contribution in [1.29, 1.82) is 0 Å². The van der Waals surface area contributed by atoms with Crippen LogP contribution in [0.4, 0.5) is 0 Å². The second-order valence-electron chi connectivity index (χ2n) is 4.13. The van der Waals surface area contributed by atoms with Gasteiger partial charge in [-0.15, -0.1) is 0 Å². The van der Waals surface area contributed by atoms with Crippen molar-refractivity contribution in [3.63, 3.8) is 0 Å². The van der Waals surface area contributed by atoms with Crippen molar-refractivity contribution in [2.24, 2.45) is 0 Å². The van der Waals surface area contributed by atoms with E-state index in [0.717, 1.165) is 30.8 Å². The average Bonchev–Trinajstić information content (AvgIpc) is 2.50. The van der Waals surface area contributed by atoms with Crippen LogP contribution in [-0.2, 0) is 0 Å². The minimum Gasteiger partial charge on any atom is -0.381 e. The fourth-order valence-electron chi connectivity index (χ4n) is 2.26. The first kappa shape index (κ1) is 9.48. The molecule has 16 heavy (non-hydrogen) atoms. The third-order valence-corrected chi connectivity index (χ3v) is 3.12. The second-order valence-corrected chi connectivity index (χ2v) is 4.13. The van der Waals surface area contributed by atoms with Crippen LogP contribution in [0.3, 0.4) is 0 Å². The lowest BCUT2D eigenvalue weighted by Gasteiger charge is -2.21. The Kier molecular flexibility index (Phi) is 2.18. The fourth-order valence-corrected chi connectivity index (χ4v) is 2.26. The van der Waals surface area contributed by atoms with Gasteiger partial charge < -0.3 is 5.32 Å². The number of nitrogens with zero attached hydrogens (tertiary/aromatic N) is 1. The van der Waals surface area contributed by atoms with Gasteiger partial charge in [0, 0.05) is 18.4 Å². The molecule has 2 N–H and O–H groups in total. The molecule has 0 radical (unpaired) electrons. The Morgan fingerprint density at radius 2 is 2.25 bits per heavy atom. The van der Waals surface area contributed by atoms with E-state index >= 15 is 0 Å². The van der Waals surface area contributed by atoms with E-state index < -0.39 is 0 Å². The Morgan fingerprint density at radius 1 is 1.31 bits per heavy atom. The predicted molar refractivity (Wildman–Crippen MR) is 62.3 cm³/mol. The Balaban J connectivity index is 2.04. The number of hydrogen-bond donors (Lipinski definition) is 2. The molecule has 1 aliphatic carbocycles. The van der Waals surface area contributed by atoms with Gasteiger partial charge in [-0.3, -0.25) is 5.21 Å². The van der Waals surface area contributed by atoms with Crippen molar-refractivity contribution in [1.82, 2.24) is 10.4 Å². The number of nitrogens with one attached hydrogen (secondary N) is 1. The van der Waals surface area contributed by atoms with Gasteiger partial charge in [-0.05, 0) is 36.1 Å². The molecular weight excluding hydrogens is 200 g/mol. The van der Waals surface area contributed by atoms with E-state index in [1.807, 2.05) is 12.2 Å². The molecule has 0 aromatic rings. The van der Waals surface area contributed by atoms with Gasteiger partial charge >= 0.3 is 0 Å².